The van der Waals surface area contributed by atoms with Gasteiger partial charge in [0, 0.05) is 18.5 Å². The molecule has 0 fully saturated rings. The maximum atomic E-state index is 5.77. The van der Waals surface area contributed by atoms with E-state index in [4.69, 9.17) is 11.6 Å². The van der Waals surface area contributed by atoms with E-state index >= 15 is 0 Å². The first-order valence-electron chi connectivity index (χ1n) is 5.57. The lowest BCUT2D eigenvalue weighted by Crippen LogP contribution is -2.00. The molecule has 1 N–H and O–H groups in total. The highest BCUT2D eigenvalue weighted by molar-refractivity contribution is 7.98. The van der Waals surface area contributed by atoms with E-state index in [-0.39, 0.29) is 0 Å². The number of hydrogen-bond donors (Lipinski definition) is 1. The normalized spacial score (nSPS) is 10.3. The number of rotatable bonds is 5. The van der Waals surface area contributed by atoms with Crippen LogP contribution in [0, 0.1) is 0 Å². The molecule has 0 saturated heterocycles. The third kappa shape index (κ3) is 3.85. The zero-order valence-electron chi connectivity index (χ0n) is 9.93. The van der Waals surface area contributed by atoms with Crippen LogP contribution in [0.15, 0.2) is 35.7 Å². The minimum atomic E-state index is 0.647. The molecule has 2 aromatic heterocycles. The minimum Gasteiger partial charge on any atom is -0.369 e. The van der Waals surface area contributed by atoms with Crippen LogP contribution in [-0.4, -0.2) is 21.5 Å². The molecule has 0 aliphatic heterocycles. The Balaban J connectivity index is 1.91. The van der Waals surface area contributed by atoms with Crippen molar-refractivity contribution in [3.63, 3.8) is 0 Å². The molecule has 4 nitrogen and oxygen atoms in total. The molecule has 0 atom stereocenters. The van der Waals surface area contributed by atoms with Gasteiger partial charge in [-0.05, 0) is 19.1 Å². The topological polar surface area (TPSA) is 50.7 Å². The molecule has 0 unspecified atom stereocenters. The van der Waals surface area contributed by atoms with Crippen molar-refractivity contribution < 1.29 is 0 Å². The van der Waals surface area contributed by atoms with Crippen LogP contribution in [0.2, 0.25) is 5.02 Å². The Morgan fingerprint density at radius 3 is 2.67 bits per heavy atom. The van der Waals surface area contributed by atoms with Gasteiger partial charge in [0.05, 0.1) is 28.1 Å². The highest BCUT2D eigenvalue weighted by Crippen LogP contribution is 2.20. The lowest BCUT2D eigenvalue weighted by atomic mass is 10.5. The maximum Gasteiger partial charge on any atom is 0.144 e. The van der Waals surface area contributed by atoms with Gasteiger partial charge in [0.15, 0.2) is 0 Å². The molecule has 2 aromatic rings. The van der Waals surface area contributed by atoms with Crippen molar-refractivity contribution >= 4 is 29.2 Å². The van der Waals surface area contributed by atoms with E-state index in [2.05, 4.69) is 20.3 Å². The molecule has 0 bridgehead atoms. The number of aromatic nitrogens is 3. The maximum absolute atomic E-state index is 5.77. The Labute approximate surface area is 115 Å². The zero-order chi connectivity index (χ0) is 12.8. The molecule has 0 spiro atoms. The molecular formula is C12H13ClN4S. The van der Waals surface area contributed by atoms with Crippen molar-refractivity contribution in [1.82, 2.24) is 15.0 Å². The van der Waals surface area contributed by atoms with E-state index in [1.165, 1.54) is 0 Å². The fourth-order valence-corrected chi connectivity index (χ4v) is 2.15. The molecule has 0 aromatic carbocycles. The van der Waals surface area contributed by atoms with Gasteiger partial charge in [-0.1, -0.05) is 23.4 Å². The summed E-state index contributed by atoms with van der Waals surface area (Å²) in [4.78, 5) is 12.8. The molecule has 2 rings (SSSR count). The summed E-state index contributed by atoms with van der Waals surface area (Å²) in [5.74, 6) is 1.55. The van der Waals surface area contributed by atoms with Crippen molar-refractivity contribution in [3.05, 3.63) is 41.4 Å². The van der Waals surface area contributed by atoms with Crippen LogP contribution in [0.4, 0.5) is 5.82 Å². The second-order valence-corrected chi connectivity index (χ2v) is 4.96. The average Bonchev–Trinajstić information content (AvgIpc) is 2.40. The van der Waals surface area contributed by atoms with Gasteiger partial charge in [0.2, 0.25) is 0 Å². The first kappa shape index (κ1) is 13.1. The predicted octanol–water partition coefficient (Wildman–Crippen LogP) is 3.25. The van der Waals surface area contributed by atoms with Gasteiger partial charge in [-0.3, -0.25) is 4.98 Å². The van der Waals surface area contributed by atoms with Gasteiger partial charge in [-0.15, -0.1) is 0 Å². The molecule has 94 valence electrons. The number of halogens is 1. The third-order valence-corrected chi connectivity index (χ3v) is 3.33. The van der Waals surface area contributed by atoms with Gasteiger partial charge in [0.25, 0.3) is 0 Å². The third-order valence-electron chi connectivity index (χ3n) is 2.13. The monoisotopic (exact) mass is 280 g/mol. The Hall–Kier alpha value is -1.33. The van der Waals surface area contributed by atoms with Crippen LogP contribution in [0.3, 0.4) is 0 Å². The lowest BCUT2D eigenvalue weighted by Gasteiger charge is -2.03. The smallest absolute Gasteiger partial charge is 0.144 e. The van der Waals surface area contributed by atoms with Crippen LogP contribution < -0.4 is 5.32 Å². The second-order valence-electron chi connectivity index (χ2n) is 3.53. The highest BCUT2D eigenvalue weighted by atomic mass is 35.5. The van der Waals surface area contributed by atoms with Crippen molar-refractivity contribution in [2.24, 2.45) is 0 Å². The molecule has 18 heavy (non-hydrogen) atoms. The van der Waals surface area contributed by atoms with Crippen LogP contribution in [0.25, 0.3) is 0 Å². The number of hydrogen-bond acceptors (Lipinski definition) is 5. The fraction of sp³-hybridized carbons (Fsp3) is 0.250. The van der Waals surface area contributed by atoms with Crippen molar-refractivity contribution in [1.29, 1.82) is 0 Å². The van der Waals surface area contributed by atoms with Gasteiger partial charge in [0.1, 0.15) is 5.82 Å². The first-order valence-corrected chi connectivity index (χ1v) is 6.93. The average molecular weight is 281 g/mol. The Bertz CT molecular complexity index is 486. The van der Waals surface area contributed by atoms with Gasteiger partial charge < -0.3 is 5.32 Å². The number of thioether (sulfide) groups is 1. The summed E-state index contributed by atoms with van der Waals surface area (Å²) in [6.07, 6.45) is 5.17. The molecule has 0 saturated carbocycles. The minimum absolute atomic E-state index is 0.647. The van der Waals surface area contributed by atoms with E-state index in [9.17, 15) is 0 Å². The zero-order valence-corrected chi connectivity index (χ0v) is 11.5. The summed E-state index contributed by atoms with van der Waals surface area (Å²) >= 11 is 7.38. The molecule has 0 radical (unpaired) electrons. The lowest BCUT2D eigenvalue weighted by molar-refractivity contribution is 1.06. The second kappa shape index (κ2) is 6.56. The molecule has 2 heterocycles. The standard InChI is InChI=1S/C12H13ClN4S/c1-2-14-11-7-15-10(6-16-11)8-18-12-4-3-9(13)5-17-12/h3-7H,2,8H2,1H3,(H,14,16). The van der Waals surface area contributed by atoms with Gasteiger partial charge >= 0.3 is 0 Å². The summed E-state index contributed by atoms with van der Waals surface area (Å²) in [6.45, 7) is 2.87. The largest absolute Gasteiger partial charge is 0.369 e. The SMILES string of the molecule is CCNc1cnc(CSc2ccc(Cl)cn2)cn1. The summed E-state index contributed by atoms with van der Waals surface area (Å²) in [5.41, 5.74) is 0.929. The van der Waals surface area contributed by atoms with Gasteiger partial charge in [-0.2, -0.15) is 0 Å². The Kier molecular flexibility index (Phi) is 4.78. The highest BCUT2D eigenvalue weighted by Gasteiger charge is 2.00. The Morgan fingerprint density at radius 1 is 1.17 bits per heavy atom. The molecule has 6 heteroatoms. The summed E-state index contributed by atoms with van der Waals surface area (Å²) < 4.78 is 0. The molecular weight excluding hydrogens is 268 g/mol. The predicted molar refractivity (Wildman–Crippen MR) is 75.0 cm³/mol. The van der Waals surface area contributed by atoms with Crippen LogP contribution >= 0.6 is 23.4 Å². The first-order chi connectivity index (χ1) is 8.78. The van der Waals surface area contributed by atoms with E-state index in [1.54, 1.807) is 30.4 Å². The number of pyridine rings is 1. The van der Waals surface area contributed by atoms with Crippen LogP contribution in [0.1, 0.15) is 12.6 Å². The Morgan fingerprint density at radius 2 is 2.06 bits per heavy atom. The summed E-state index contributed by atoms with van der Waals surface area (Å²) in [5, 5.41) is 4.68. The van der Waals surface area contributed by atoms with E-state index in [0.717, 1.165) is 28.8 Å². The number of nitrogens with zero attached hydrogens (tertiary/aromatic N) is 3. The molecule has 0 aliphatic rings. The van der Waals surface area contributed by atoms with E-state index in [0.29, 0.717) is 5.02 Å². The molecule has 0 amide bonds. The van der Waals surface area contributed by atoms with Crippen molar-refractivity contribution in [2.75, 3.05) is 11.9 Å². The fourth-order valence-electron chi connectivity index (χ4n) is 1.30. The van der Waals surface area contributed by atoms with Gasteiger partial charge in [-0.25, -0.2) is 9.97 Å². The van der Waals surface area contributed by atoms with E-state index in [1.807, 2.05) is 19.1 Å². The quantitative estimate of drug-likeness (QED) is 0.852. The molecule has 0 aliphatic carbocycles. The number of anilines is 1. The van der Waals surface area contributed by atoms with E-state index < -0.39 is 0 Å². The number of nitrogens with one attached hydrogen (secondary N) is 1. The van der Waals surface area contributed by atoms with Crippen LogP contribution in [0.5, 0.6) is 0 Å². The summed E-state index contributed by atoms with van der Waals surface area (Å²) in [7, 11) is 0. The van der Waals surface area contributed by atoms with Crippen LogP contribution in [-0.2, 0) is 5.75 Å². The van der Waals surface area contributed by atoms with Crippen molar-refractivity contribution in [2.45, 2.75) is 17.7 Å². The van der Waals surface area contributed by atoms with Crippen molar-refractivity contribution in [3.8, 4) is 0 Å². The summed E-state index contributed by atoms with van der Waals surface area (Å²) in [6, 6.07) is 3.73.